The van der Waals surface area contributed by atoms with Crippen molar-refractivity contribution in [2.75, 3.05) is 5.73 Å². The molecular weight excluding hydrogens is 166 g/mol. The normalized spacial score (nSPS) is 10.2. The molecule has 2 N–H and O–H groups in total. The quantitative estimate of drug-likeness (QED) is 0.715. The molecule has 0 unspecified atom stereocenters. The van der Waals surface area contributed by atoms with Crippen molar-refractivity contribution in [3.05, 3.63) is 30.4 Å². The molecule has 2 rings (SSSR count). The van der Waals surface area contributed by atoms with E-state index in [-0.39, 0.29) is 0 Å². The molecule has 2 heterocycles. The molecule has 0 aromatic carbocycles. The molecule has 2 aromatic heterocycles. The highest BCUT2D eigenvalue weighted by molar-refractivity contribution is 5.67. The Morgan fingerprint density at radius 3 is 2.85 bits per heavy atom. The predicted octanol–water partition coefficient (Wildman–Crippen LogP) is 1.63. The molecule has 66 valence electrons. The Morgan fingerprint density at radius 1 is 1.38 bits per heavy atom. The number of nitrogen functional groups attached to an aromatic ring is 1. The Labute approximate surface area is 75.4 Å². The van der Waals surface area contributed by atoms with Crippen LogP contribution in [0.3, 0.4) is 0 Å². The van der Waals surface area contributed by atoms with Gasteiger partial charge in [-0.05, 0) is 13.0 Å². The van der Waals surface area contributed by atoms with E-state index in [0.717, 1.165) is 11.4 Å². The molecule has 2 aromatic rings. The zero-order valence-corrected chi connectivity index (χ0v) is 7.19. The Morgan fingerprint density at radius 2 is 2.23 bits per heavy atom. The second kappa shape index (κ2) is 2.90. The average molecular weight is 175 g/mol. The highest BCUT2D eigenvalue weighted by Gasteiger charge is 2.07. The van der Waals surface area contributed by atoms with Crippen LogP contribution in [0, 0.1) is 6.92 Å². The Balaban J connectivity index is 2.53. The smallest absolute Gasteiger partial charge is 0.175 e. The van der Waals surface area contributed by atoms with Crippen LogP contribution in [-0.2, 0) is 0 Å². The summed E-state index contributed by atoms with van der Waals surface area (Å²) in [7, 11) is 0. The van der Waals surface area contributed by atoms with Crippen LogP contribution >= 0.6 is 0 Å². The van der Waals surface area contributed by atoms with Crippen molar-refractivity contribution in [3.8, 4) is 11.5 Å². The third-order valence-electron chi connectivity index (χ3n) is 1.73. The van der Waals surface area contributed by atoms with Crippen LogP contribution in [0.2, 0.25) is 0 Å². The van der Waals surface area contributed by atoms with Gasteiger partial charge in [-0.3, -0.25) is 0 Å². The van der Waals surface area contributed by atoms with Gasteiger partial charge in [-0.25, -0.2) is 9.97 Å². The largest absolute Gasteiger partial charge is 0.460 e. The maximum absolute atomic E-state index is 5.67. The molecule has 0 atom stereocenters. The van der Waals surface area contributed by atoms with E-state index >= 15 is 0 Å². The SMILES string of the molecule is Cc1cc(-c2occc2N)ncn1. The van der Waals surface area contributed by atoms with Gasteiger partial charge in [0, 0.05) is 11.8 Å². The van der Waals surface area contributed by atoms with Crippen LogP contribution < -0.4 is 5.73 Å². The lowest BCUT2D eigenvalue weighted by Gasteiger charge is -1.97. The van der Waals surface area contributed by atoms with E-state index in [9.17, 15) is 0 Å². The van der Waals surface area contributed by atoms with Crippen molar-refractivity contribution in [2.24, 2.45) is 0 Å². The van der Waals surface area contributed by atoms with Crippen molar-refractivity contribution < 1.29 is 4.42 Å². The zero-order valence-electron chi connectivity index (χ0n) is 7.19. The number of nitrogens with zero attached hydrogens (tertiary/aromatic N) is 2. The van der Waals surface area contributed by atoms with E-state index < -0.39 is 0 Å². The first-order valence-electron chi connectivity index (χ1n) is 3.89. The monoisotopic (exact) mass is 175 g/mol. The Bertz CT molecular complexity index is 422. The summed E-state index contributed by atoms with van der Waals surface area (Å²) in [6, 6.07) is 3.53. The Hall–Kier alpha value is -1.84. The molecule has 0 aliphatic rings. The summed E-state index contributed by atoms with van der Waals surface area (Å²) in [5.41, 5.74) is 7.87. The second-order valence-electron chi connectivity index (χ2n) is 2.75. The van der Waals surface area contributed by atoms with Crippen molar-refractivity contribution >= 4 is 5.69 Å². The lowest BCUT2D eigenvalue weighted by Crippen LogP contribution is -1.90. The fourth-order valence-corrected chi connectivity index (χ4v) is 1.11. The number of aromatic nitrogens is 2. The number of hydrogen-bond donors (Lipinski definition) is 1. The average Bonchev–Trinajstić information content (AvgIpc) is 2.51. The highest BCUT2D eigenvalue weighted by Crippen LogP contribution is 2.24. The molecule has 4 nitrogen and oxygen atoms in total. The summed E-state index contributed by atoms with van der Waals surface area (Å²) in [5.74, 6) is 0.602. The fourth-order valence-electron chi connectivity index (χ4n) is 1.11. The summed E-state index contributed by atoms with van der Waals surface area (Å²) in [6.07, 6.45) is 3.04. The molecule has 4 heteroatoms. The molecule has 0 saturated carbocycles. The van der Waals surface area contributed by atoms with Gasteiger partial charge in [0.05, 0.1) is 12.0 Å². The first-order valence-corrected chi connectivity index (χ1v) is 3.89. The standard InChI is InChI=1S/C9H9N3O/c1-6-4-8(12-5-11-6)9-7(10)2-3-13-9/h2-5H,10H2,1H3. The number of anilines is 1. The lowest BCUT2D eigenvalue weighted by atomic mass is 10.2. The van der Waals surface area contributed by atoms with Crippen LogP contribution in [0.5, 0.6) is 0 Å². The van der Waals surface area contributed by atoms with Gasteiger partial charge in [0.15, 0.2) is 5.76 Å². The third kappa shape index (κ3) is 1.38. The van der Waals surface area contributed by atoms with Gasteiger partial charge >= 0.3 is 0 Å². The molecule has 0 fully saturated rings. The predicted molar refractivity (Wildman–Crippen MR) is 48.9 cm³/mol. The third-order valence-corrected chi connectivity index (χ3v) is 1.73. The van der Waals surface area contributed by atoms with E-state index in [1.54, 1.807) is 12.3 Å². The molecule has 0 saturated heterocycles. The van der Waals surface area contributed by atoms with E-state index in [1.165, 1.54) is 6.33 Å². The van der Waals surface area contributed by atoms with Gasteiger partial charge in [-0.1, -0.05) is 0 Å². The van der Waals surface area contributed by atoms with Crippen LogP contribution in [0.15, 0.2) is 29.1 Å². The van der Waals surface area contributed by atoms with Crippen LogP contribution in [0.4, 0.5) is 5.69 Å². The number of rotatable bonds is 1. The molecular formula is C9H9N3O. The molecule has 0 spiro atoms. The van der Waals surface area contributed by atoms with Crippen molar-refractivity contribution in [2.45, 2.75) is 6.92 Å². The summed E-state index contributed by atoms with van der Waals surface area (Å²) >= 11 is 0. The summed E-state index contributed by atoms with van der Waals surface area (Å²) in [6.45, 7) is 1.89. The molecule has 0 aliphatic carbocycles. The minimum atomic E-state index is 0.595. The van der Waals surface area contributed by atoms with E-state index in [1.807, 2.05) is 13.0 Å². The maximum Gasteiger partial charge on any atom is 0.175 e. The minimum absolute atomic E-state index is 0.595. The topological polar surface area (TPSA) is 64.9 Å². The molecule has 0 aliphatic heterocycles. The van der Waals surface area contributed by atoms with E-state index in [0.29, 0.717) is 11.4 Å². The Kier molecular flexibility index (Phi) is 1.73. The number of hydrogen-bond acceptors (Lipinski definition) is 4. The molecule has 13 heavy (non-hydrogen) atoms. The highest BCUT2D eigenvalue weighted by atomic mass is 16.3. The lowest BCUT2D eigenvalue weighted by molar-refractivity contribution is 0.580. The minimum Gasteiger partial charge on any atom is -0.460 e. The summed E-state index contributed by atoms with van der Waals surface area (Å²) in [5, 5.41) is 0. The van der Waals surface area contributed by atoms with Gasteiger partial charge in [-0.15, -0.1) is 0 Å². The van der Waals surface area contributed by atoms with Gasteiger partial charge in [0.25, 0.3) is 0 Å². The van der Waals surface area contributed by atoms with Gasteiger partial charge < -0.3 is 10.2 Å². The van der Waals surface area contributed by atoms with Gasteiger partial charge in [0.1, 0.15) is 12.0 Å². The van der Waals surface area contributed by atoms with Gasteiger partial charge in [-0.2, -0.15) is 0 Å². The summed E-state index contributed by atoms with van der Waals surface area (Å²) < 4.78 is 5.19. The van der Waals surface area contributed by atoms with Crippen LogP contribution in [-0.4, -0.2) is 9.97 Å². The number of furan rings is 1. The first kappa shape index (κ1) is 7.79. The van der Waals surface area contributed by atoms with Crippen molar-refractivity contribution in [1.29, 1.82) is 0 Å². The maximum atomic E-state index is 5.67. The van der Waals surface area contributed by atoms with E-state index in [4.69, 9.17) is 10.2 Å². The molecule has 0 bridgehead atoms. The van der Waals surface area contributed by atoms with Crippen LogP contribution in [0.1, 0.15) is 5.69 Å². The molecule has 0 amide bonds. The first-order chi connectivity index (χ1) is 6.27. The fraction of sp³-hybridized carbons (Fsp3) is 0.111. The zero-order chi connectivity index (χ0) is 9.26. The van der Waals surface area contributed by atoms with Crippen molar-refractivity contribution in [3.63, 3.8) is 0 Å². The number of nitrogens with two attached hydrogens (primary N) is 1. The van der Waals surface area contributed by atoms with E-state index in [2.05, 4.69) is 9.97 Å². The number of aryl methyl sites for hydroxylation is 1. The van der Waals surface area contributed by atoms with Crippen molar-refractivity contribution in [1.82, 2.24) is 9.97 Å². The second-order valence-corrected chi connectivity index (χ2v) is 2.75. The van der Waals surface area contributed by atoms with Gasteiger partial charge in [0.2, 0.25) is 0 Å². The summed E-state index contributed by atoms with van der Waals surface area (Å²) in [4.78, 5) is 8.04. The molecule has 0 radical (unpaired) electrons. The van der Waals surface area contributed by atoms with Crippen LogP contribution in [0.25, 0.3) is 11.5 Å².